The Morgan fingerprint density at radius 1 is 1.65 bits per heavy atom. The van der Waals surface area contributed by atoms with E-state index in [1.54, 1.807) is 6.92 Å². The SMILES string of the molecule is CSC1(CNC(=O)c2c(N)n[nH]c2C)CCC1. The van der Waals surface area contributed by atoms with Gasteiger partial charge in [0.25, 0.3) is 5.91 Å². The van der Waals surface area contributed by atoms with Crippen LogP contribution in [0.5, 0.6) is 0 Å². The van der Waals surface area contributed by atoms with Gasteiger partial charge in [-0.15, -0.1) is 0 Å². The molecule has 1 aliphatic carbocycles. The van der Waals surface area contributed by atoms with Gasteiger partial charge in [-0.25, -0.2) is 0 Å². The zero-order valence-corrected chi connectivity index (χ0v) is 11.0. The molecule has 94 valence electrons. The average molecular weight is 254 g/mol. The van der Waals surface area contributed by atoms with Gasteiger partial charge in [0, 0.05) is 17.0 Å². The maximum absolute atomic E-state index is 12.0. The summed E-state index contributed by atoms with van der Waals surface area (Å²) < 4.78 is 0.238. The summed E-state index contributed by atoms with van der Waals surface area (Å²) in [5, 5.41) is 9.50. The minimum absolute atomic E-state index is 0.130. The van der Waals surface area contributed by atoms with Crippen molar-refractivity contribution in [3.05, 3.63) is 11.3 Å². The molecule has 1 heterocycles. The lowest BCUT2D eigenvalue weighted by atomic mass is 9.84. The number of aromatic nitrogens is 2. The summed E-state index contributed by atoms with van der Waals surface area (Å²) >= 11 is 1.84. The number of rotatable bonds is 4. The monoisotopic (exact) mass is 254 g/mol. The van der Waals surface area contributed by atoms with Crippen LogP contribution in [0.3, 0.4) is 0 Å². The van der Waals surface area contributed by atoms with Crippen LogP contribution in [0.25, 0.3) is 0 Å². The Labute approximate surface area is 105 Å². The number of nitrogen functional groups attached to an aromatic ring is 1. The molecule has 6 heteroatoms. The molecule has 1 saturated carbocycles. The van der Waals surface area contributed by atoms with Gasteiger partial charge in [-0.05, 0) is 26.0 Å². The average Bonchev–Trinajstić information content (AvgIpc) is 2.57. The van der Waals surface area contributed by atoms with E-state index in [0.29, 0.717) is 17.8 Å². The minimum Gasteiger partial charge on any atom is -0.382 e. The molecule has 4 N–H and O–H groups in total. The van der Waals surface area contributed by atoms with Gasteiger partial charge in [0.15, 0.2) is 5.82 Å². The van der Waals surface area contributed by atoms with Crippen LogP contribution in [0, 0.1) is 6.92 Å². The fourth-order valence-electron chi connectivity index (χ4n) is 2.09. The molecule has 1 aromatic rings. The Morgan fingerprint density at radius 2 is 2.35 bits per heavy atom. The van der Waals surface area contributed by atoms with E-state index in [1.165, 1.54) is 19.3 Å². The van der Waals surface area contributed by atoms with Crippen LogP contribution in [0.15, 0.2) is 0 Å². The van der Waals surface area contributed by atoms with Gasteiger partial charge >= 0.3 is 0 Å². The number of amides is 1. The second-order valence-electron chi connectivity index (χ2n) is 4.53. The standard InChI is InChI=1S/C11H18N4OS/c1-7-8(9(12)15-14-7)10(16)13-6-11(17-2)4-3-5-11/h3-6H2,1-2H3,(H,13,16)(H3,12,14,15). The molecule has 5 nitrogen and oxygen atoms in total. The highest BCUT2D eigenvalue weighted by Gasteiger charge is 2.36. The lowest BCUT2D eigenvalue weighted by Crippen LogP contribution is -2.45. The second kappa shape index (κ2) is 4.60. The molecular formula is C11H18N4OS. The third-order valence-electron chi connectivity index (χ3n) is 3.47. The Morgan fingerprint density at radius 3 is 2.76 bits per heavy atom. The molecule has 0 atom stereocenters. The first kappa shape index (κ1) is 12.3. The van der Waals surface area contributed by atoms with E-state index in [1.807, 2.05) is 11.8 Å². The van der Waals surface area contributed by atoms with E-state index in [4.69, 9.17) is 5.73 Å². The third kappa shape index (κ3) is 2.26. The van der Waals surface area contributed by atoms with Crippen molar-refractivity contribution in [1.82, 2.24) is 15.5 Å². The van der Waals surface area contributed by atoms with Crippen molar-refractivity contribution in [2.75, 3.05) is 18.5 Å². The number of aromatic amines is 1. The van der Waals surface area contributed by atoms with Crippen LogP contribution >= 0.6 is 11.8 Å². The second-order valence-corrected chi connectivity index (χ2v) is 5.81. The molecule has 0 unspecified atom stereocenters. The quantitative estimate of drug-likeness (QED) is 0.756. The van der Waals surface area contributed by atoms with E-state index in [9.17, 15) is 4.79 Å². The number of carbonyl (C=O) groups is 1. The summed E-state index contributed by atoms with van der Waals surface area (Å²) in [5.41, 5.74) is 6.84. The van der Waals surface area contributed by atoms with Crippen LogP contribution in [-0.2, 0) is 0 Å². The fourth-order valence-corrected chi connectivity index (χ4v) is 3.00. The maximum atomic E-state index is 12.0. The number of aryl methyl sites for hydroxylation is 1. The molecule has 0 aromatic carbocycles. The van der Waals surface area contributed by atoms with Crippen molar-refractivity contribution in [3.8, 4) is 0 Å². The molecule has 0 bridgehead atoms. The number of nitrogens with one attached hydrogen (secondary N) is 2. The number of anilines is 1. The molecule has 0 radical (unpaired) electrons. The summed E-state index contributed by atoms with van der Waals surface area (Å²) in [4.78, 5) is 12.0. The smallest absolute Gasteiger partial charge is 0.256 e. The van der Waals surface area contributed by atoms with E-state index in [0.717, 1.165) is 0 Å². The normalized spacial score (nSPS) is 17.5. The van der Waals surface area contributed by atoms with Crippen molar-refractivity contribution >= 4 is 23.5 Å². The van der Waals surface area contributed by atoms with Crippen LogP contribution in [0.1, 0.15) is 35.3 Å². The van der Waals surface area contributed by atoms with Crippen LogP contribution < -0.4 is 11.1 Å². The van der Waals surface area contributed by atoms with Crippen molar-refractivity contribution < 1.29 is 4.79 Å². The molecule has 1 amide bonds. The Kier molecular flexibility index (Phi) is 3.33. The van der Waals surface area contributed by atoms with E-state index < -0.39 is 0 Å². The summed E-state index contributed by atoms with van der Waals surface area (Å²) in [7, 11) is 0. The molecule has 0 aliphatic heterocycles. The van der Waals surface area contributed by atoms with Gasteiger partial charge in [-0.1, -0.05) is 6.42 Å². The summed E-state index contributed by atoms with van der Waals surface area (Å²) in [6.45, 7) is 2.50. The predicted octanol–water partition coefficient (Wildman–Crippen LogP) is 1.32. The van der Waals surface area contributed by atoms with Crippen LogP contribution in [0.4, 0.5) is 5.82 Å². The van der Waals surface area contributed by atoms with Gasteiger partial charge in [-0.2, -0.15) is 16.9 Å². The Hall–Kier alpha value is -1.17. The van der Waals surface area contributed by atoms with Gasteiger partial charge in [0.05, 0.1) is 0 Å². The first-order chi connectivity index (χ1) is 8.08. The highest BCUT2D eigenvalue weighted by atomic mass is 32.2. The minimum atomic E-state index is -0.130. The summed E-state index contributed by atoms with van der Waals surface area (Å²) in [5.74, 6) is 0.140. The molecule has 0 saturated heterocycles. The van der Waals surface area contributed by atoms with Crippen LogP contribution in [0.2, 0.25) is 0 Å². The topological polar surface area (TPSA) is 83.8 Å². The zero-order valence-electron chi connectivity index (χ0n) is 10.2. The van der Waals surface area contributed by atoms with Gasteiger partial charge in [0.2, 0.25) is 0 Å². The number of thioether (sulfide) groups is 1. The highest BCUT2D eigenvalue weighted by Crippen LogP contribution is 2.42. The van der Waals surface area contributed by atoms with E-state index in [-0.39, 0.29) is 16.5 Å². The number of carbonyl (C=O) groups excluding carboxylic acids is 1. The highest BCUT2D eigenvalue weighted by molar-refractivity contribution is 8.00. The molecule has 1 fully saturated rings. The number of nitrogens with zero attached hydrogens (tertiary/aromatic N) is 1. The molecule has 2 rings (SSSR count). The molecular weight excluding hydrogens is 236 g/mol. The number of hydrogen-bond donors (Lipinski definition) is 3. The fraction of sp³-hybridized carbons (Fsp3) is 0.636. The van der Waals surface area contributed by atoms with E-state index in [2.05, 4.69) is 21.8 Å². The van der Waals surface area contributed by atoms with Gasteiger partial charge < -0.3 is 11.1 Å². The van der Waals surface area contributed by atoms with E-state index >= 15 is 0 Å². The summed E-state index contributed by atoms with van der Waals surface area (Å²) in [6.07, 6.45) is 5.70. The molecule has 17 heavy (non-hydrogen) atoms. The lowest BCUT2D eigenvalue weighted by molar-refractivity contribution is 0.0944. The lowest BCUT2D eigenvalue weighted by Gasteiger charge is -2.40. The first-order valence-corrected chi connectivity index (χ1v) is 6.94. The van der Waals surface area contributed by atoms with Crippen molar-refractivity contribution in [2.24, 2.45) is 0 Å². The third-order valence-corrected chi connectivity index (χ3v) is 4.89. The first-order valence-electron chi connectivity index (χ1n) is 5.72. The number of H-pyrrole nitrogens is 1. The predicted molar refractivity (Wildman–Crippen MR) is 70.2 cm³/mol. The number of hydrogen-bond acceptors (Lipinski definition) is 4. The van der Waals surface area contributed by atoms with Crippen molar-refractivity contribution in [2.45, 2.75) is 30.9 Å². The van der Waals surface area contributed by atoms with Crippen molar-refractivity contribution in [1.29, 1.82) is 0 Å². The molecule has 1 aliphatic rings. The Bertz CT molecular complexity index is 400. The molecule has 1 aromatic heterocycles. The maximum Gasteiger partial charge on any atom is 0.256 e. The summed E-state index contributed by atoms with van der Waals surface area (Å²) in [6, 6.07) is 0. The van der Waals surface area contributed by atoms with Gasteiger partial charge in [-0.3, -0.25) is 9.89 Å². The van der Waals surface area contributed by atoms with Crippen LogP contribution in [-0.4, -0.2) is 33.7 Å². The van der Waals surface area contributed by atoms with Crippen molar-refractivity contribution in [3.63, 3.8) is 0 Å². The number of nitrogens with two attached hydrogens (primary N) is 1. The Balaban J connectivity index is 1.98. The zero-order chi connectivity index (χ0) is 12.5. The largest absolute Gasteiger partial charge is 0.382 e. The molecule has 0 spiro atoms. The van der Waals surface area contributed by atoms with Gasteiger partial charge in [0.1, 0.15) is 5.56 Å².